The molecule has 2 heterocycles. The molecule has 8 heteroatoms. The molecule has 0 saturated heterocycles. The minimum absolute atomic E-state index is 0.0200. The Bertz CT molecular complexity index is 1980. The number of hydrogen-bond donors (Lipinski definition) is 0. The van der Waals surface area contributed by atoms with Crippen molar-refractivity contribution in [3.8, 4) is 0 Å². The van der Waals surface area contributed by atoms with E-state index in [1.54, 1.807) is 30.0 Å². The lowest BCUT2D eigenvalue weighted by molar-refractivity contribution is -0.119. The molecule has 7 rings (SSSR count). The van der Waals surface area contributed by atoms with Gasteiger partial charge in [0.1, 0.15) is 12.6 Å². The van der Waals surface area contributed by atoms with Crippen LogP contribution in [-0.4, -0.2) is 49.9 Å². The summed E-state index contributed by atoms with van der Waals surface area (Å²) in [4.78, 5) is 37.9. The summed E-state index contributed by atoms with van der Waals surface area (Å²) in [5.41, 5.74) is 8.07. The number of halogens is 2. The number of anilines is 2. The van der Waals surface area contributed by atoms with E-state index < -0.39 is 6.04 Å². The van der Waals surface area contributed by atoms with Crippen LogP contribution in [0.4, 0.5) is 11.4 Å². The number of fused-ring (bicyclic) bond motifs is 2. The van der Waals surface area contributed by atoms with Crippen molar-refractivity contribution in [2.24, 2.45) is 9.98 Å². The van der Waals surface area contributed by atoms with Crippen LogP contribution < -0.4 is 9.80 Å². The zero-order chi connectivity index (χ0) is 32.9. The van der Waals surface area contributed by atoms with Crippen LogP contribution in [0, 0.1) is 0 Å². The number of rotatable bonds is 4. The zero-order valence-corrected chi connectivity index (χ0v) is 27.5. The maximum atomic E-state index is 13.2. The van der Waals surface area contributed by atoms with Crippen LogP contribution in [0.15, 0.2) is 137 Å². The number of benzene rings is 5. The SMILES string of the molecule is CN1C(=O)C(Cc2ccccc2)N=C(c2ccccc2)c2cc(Cl)ccc21.CN1C(=O)CN=C(c2ccccc2)c2cc(Cl)ccc21. The minimum atomic E-state index is -0.487. The van der Waals surface area contributed by atoms with Crippen LogP contribution in [0.5, 0.6) is 0 Å². The Balaban J connectivity index is 0.000000172. The van der Waals surface area contributed by atoms with Crippen molar-refractivity contribution in [3.05, 3.63) is 165 Å². The van der Waals surface area contributed by atoms with Gasteiger partial charge in [0.2, 0.25) is 5.91 Å². The third kappa shape index (κ3) is 7.04. The molecule has 1 atom stereocenters. The number of carbonyl (C=O) groups excluding carboxylic acids is 2. The molecule has 0 aromatic heterocycles. The van der Waals surface area contributed by atoms with Crippen LogP contribution >= 0.6 is 23.2 Å². The Labute approximate surface area is 284 Å². The summed E-state index contributed by atoms with van der Waals surface area (Å²) in [6, 6.07) is 40.4. The molecule has 2 aliphatic heterocycles. The van der Waals surface area contributed by atoms with Gasteiger partial charge in [-0.05, 0) is 42.0 Å². The van der Waals surface area contributed by atoms with Gasteiger partial charge in [0.15, 0.2) is 0 Å². The van der Waals surface area contributed by atoms with Crippen molar-refractivity contribution < 1.29 is 9.59 Å². The fraction of sp³-hybridized carbons (Fsp3) is 0.128. The quantitative estimate of drug-likeness (QED) is 0.197. The molecule has 6 nitrogen and oxygen atoms in total. The first-order valence-corrected chi connectivity index (χ1v) is 16.0. The van der Waals surface area contributed by atoms with Crippen molar-refractivity contribution in [1.29, 1.82) is 0 Å². The van der Waals surface area contributed by atoms with E-state index in [0.717, 1.165) is 50.6 Å². The van der Waals surface area contributed by atoms with Crippen molar-refractivity contribution in [3.63, 3.8) is 0 Å². The third-order valence-electron chi connectivity index (χ3n) is 8.16. The molecule has 0 saturated carbocycles. The maximum absolute atomic E-state index is 13.2. The fourth-order valence-corrected chi connectivity index (χ4v) is 6.06. The van der Waals surface area contributed by atoms with Crippen molar-refractivity contribution in [2.45, 2.75) is 12.5 Å². The largest absolute Gasteiger partial charge is 0.313 e. The fourth-order valence-electron chi connectivity index (χ4n) is 5.72. The van der Waals surface area contributed by atoms with Gasteiger partial charge in [-0.1, -0.05) is 114 Å². The van der Waals surface area contributed by atoms with E-state index in [1.807, 2.05) is 121 Å². The van der Waals surface area contributed by atoms with Gasteiger partial charge in [-0.15, -0.1) is 0 Å². The lowest BCUT2D eigenvalue weighted by Gasteiger charge is -2.20. The summed E-state index contributed by atoms with van der Waals surface area (Å²) in [5, 5.41) is 1.26. The highest BCUT2D eigenvalue weighted by atomic mass is 35.5. The average Bonchev–Trinajstić information content (AvgIpc) is 3.28. The Morgan fingerprint density at radius 1 is 0.638 bits per heavy atom. The van der Waals surface area contributed by atoms with Gasteiger partial charge in [0, 0.05) is 52.8 Å². The first-order chi connectivity index (χ1) is 22.8. The molecule has 1 unspecified atom stereocenters. The standard InChI is InChI=1S/C23H19ClN2O.C16H13ClN2O/c1-26-21-13-12-18(24)15-19(21)22(17-10-6-3-7-11-17)25-20(23(26)27)14-16-8-4-2-5-9-16;1-19-14-8-7-12(17)9-13(14)16(18-10-15(19)20)11-5-3-2-4-6-11/h2-13,15,20H,14H2,1H3;2-9H,10H2,1H3. The number of aliphatic imine (C=N–C) groups is 2. The summed E-state index contributed by atoms with van der Waals surface area (Å²) in [5.74, 6) is -0.0483. The Morgan fingerprint density at radius 2 is 1.13 bits per heavy atom. The summed E-state index contributed by atoms with van der Waals surface area (Å²) >= 11 is 12.4. The summed E-state index contributed by atoms with van der Waals surface area (Å²) in [6.45, 7) is 0.146. The first kappa shape index (κ1) is 31.9. The van der Waals surface area contributed by atoms with E-state index in [2.05, 4.69) is 4.99 Å². The lowest BCUT2D eigenvalue weighted by Crippen LogP contribution is -2.36. The van der Waals surface area contributed by atoms with Gasteiger partial charge in [0.25, 0.3) is 5.91 Å². The van der Waals surface area contributed by atoms with Crippen LogP contribution in [0.2, 0.25) is 10.0 Å². The first-order valence-electron chi connectivity index (χ1n) is 15.2. The smallest absolute Gasteiger partial charge is 0.251 e. The highest BCUT2D eigenvalue weighted by Crippen LogP contribution is 2.31. The van der Waals surface area contributed by atoms with Crippen LogP contribution in [0.25, 0.3) is 0 Å². The molecule has 47 heavy (non-hydrogen) atoms. The number of likely N-dealkylation sites (N-methyl/N-ethyl adjacent to an activating group) is 2. The number of nitrogens with zero attached hydrogens (tertiary/aromatic N) is 4. The molecule has 5 aromatic rings. The summed E-state index contributed by atoms with van der Waals surface area (Å²) < 4.78 is 0. The summed E-state index contributed by atoms with van der Waals surface area (Å²) in [6.07, 6.45) is 0.558. The van der Waals surface area contributed by atoms with E-state index in [0.29, 0.717) is 16.5 Å². The highest BCUT2D eigenvalue weighted by Gasteiger charge is 2.30. The second kappa shape index (κ2) is 14.2. The average molecular weight is 660 g/mol. The maximum Gasteiger partial charge on any atom is 0.251 e. The van der Waals surface area contributed by atoms with E-state index >= 15 is 0 Å². The molecule has 0 aliphatic carbocycles. The second-order valence-electron chi connectivity index (χ2n) is 11.3. The minimum Gasteiger partial charge on any atom is -0.313 e. The van der Waals surface area contributed by atoms with E-state index in [4.69, 9.17) is 28.2 Å². The monoisotopic (exact) mass is 658 g/mol. The van der Waals surface area contributed by atoms with E-state index in [-0.39, 0.29) is 18.4 Å². The molecule has 2 amide bonds. The van der Waals surface area contributed by atoms with Crippen LogP contribution in [-0.2, 0) is 16.0 Å². The Kier molecular flexibility index (Phi) is 9.62. The molecule has 0 radical (unpaired) electrons. The highest BCUT2D eigenvalue weighted by molar-refractivity contribution is 6.32. The zero-order valence-electron chi connectivity index (χ0n) is 26.0. The predicted molar refractivity (Wildman–Crippen MR) is 193 cm³/mol. The summed E-state index contributed by atoms with van der Waals surface area (Å²) in [7, 11) is 3.56. The number of hydrogen-bond acceptors (Lipinski definition) is 4. The number of benzodiazepines with no additional fused rings is 2. The molecule has 2 aliphatic rings. The lowest BCUT2D eigenvalue weighted by atomic mass is 10.00. The predicted octanol–water partition coefficient (Wildman–Crippen LogP) is 7.92. The van der Waals surface area contributed by atoms with E-state index in [1.165, 1.54) is 0 Å². The Morgan fingerprint density at radius 3 is 1.70 bits per heavy atom. The Hall–Kier alpha value is -5.04. The molecule has 0 fully saturated rings. The molecule has 234 valence electrons. The van der Waals surface area contributed by atoms with Crippen molar-refractivity contribution in [1.82, 2.24) is 0 Å². The molecule has 0 bridgehead atoms. The topological polar surface area (TPSA) is 65.3 Å². The van der Waals surface area contributed by atoms with Crippen LogP contribution in [0.1, 0.15) is 27.8 Å². The van der Waals surface area contributed by atoms with E-state index in [9.17, 15) is 9.59 Å². The van der Waals surface area contributed by atoms with Gasteiger partial charge in [-0.2, -0.15) is 0 Å². The van der Waals surface area contributed by atoms with Gasteiger partial charge in [0.05, 0.1) is 22.8 Å². The molecule has 5 aromatic carbocycles. The van der Waals surface area contributed by atoms with Gasteiger partial charge in [-0.25, -0.2) is 0 Å². The second-order valence-corrected chi connectivity index (χ2v) is 12.1. The van der Waals surface area contributed by atoms with Gasteiger partial charge < -0.3 is 9.80 Å². The number of amides is 2. The number of carbonyl (C=O) groups is 2. The third-order valence-corrected chi connectivity index (χ3v) is 8.63. The van der Waals surface area contributed by atoms with Gasteiger partial charge >= 0.3 is 0 Å². The molecule has 0 spiro atoms. The molecular formula is C39H32Cl2N4O2. The normalized spacial score (nSPS) is 15.7. The van der Waals surface area contributed by atoms with Gasteiger partial charge in [-0.3, -0.25) is 19.6 Å². The van der Waals surface area contributed by atoms with Crippen molar-refractivity contribution >= 4 is 57.8 Å². The molecule has 0 N–H and O–H groups in total. The van der Waals surface area contributed by atoms with Crippen LogP contribution in [0.3, 0.4) is 0 Å². The molecular weight excluding hydrogens is 627 g/mol. The van der Waals surface area contributed by atoms with Crippen molar-refractivity contribution in [2.75, 3.05) is 30.4 Å².